The number of rotatable bonds is 4. The van der Waals surface area contributed by atoms with Crippen LogP contribution >= 0.6 is 0 Å². The number of fused-ring (bicyclic) bond motifs is 3. The summed E-state index contributed by atoms with van der Waals surface area (Å²) in [6, 6.07) is 6.89. The van der Waals surface area contributed by atoms with Crippen molar-refractivity contribution in [1.29, 1.82) is 0 Å². The fourth-order valence-electron chi connectivity index (χ4n) is 4.65. The third-order valence-corrected chi connectivity index (χ3v) is 5.90. The molecule has 0 aromatic heterocycles. The van der Waals surface area contributed by atoms with E-state index in [0.29, 0.717) is 6.42 Å². The first-order chi connectivity index (χ1) is 12.5. The molecule has 0 spiro atoms. The Balaban J connectivity index is 1.95. The summed E-state index contributed by atoms with van der Waals surface area (Å²) < 4.78 is 58.5. The monoisotopic (exact) mass is 386 g/mol. The molecule has 2 heterocycles. The van der Waals surface area contributed by atoms with Gasteiger partial charge < -0.3 is 14.2 Å². The Labute approximate surface area is 157 Å². The Morgan fingerprint density at radius 1 is 1.19 bits per heavy atom. The predicted octanol–water partition coefficient (Wildman–Crippen LogP) is 4.37. The van der Waals surface area contributed by atoms with Gasteiger partial charge in [0, 0.05) is 25.0 Å². The number of methoxy groups -OCH3 is 1. The lowest BCUT2D eigenvalue weighted by molar-refractivity contribution is -0.294. The number of hydrogen-bond acceptors (Lipinski definition) is 4. The molecule has 1 aromatic carbocycles. The normalized spacial score (nSPS) is 32.0. The Morgan fingerprint density at radius 3 is 2.30 bits per heavy atom. The van der Waals surface area contributed by atoms with Crippen LogP contribution in [0, 0.1) is 5.92 Å². The largest absolute Gasteiger partial charge is 0.459 e. The first-order valence-corrected chi connectivity index (χ1v) is 9.04. The first kappa shape index (κ1) is 20.1. The maximum absolute atomic E-state index is 14.0. The zero-order valence-electron chi connectivity index (χ0n) is 15.9. The maximum atomic E-state index is 14.0. The van der Waals surface area contributed by atoms with Crippen molar-refractivity contribution in [2.75, 3.05) is 7.11 Å². The van der Waals surface area contributed by atoms with Crippen LogP contribution in [0.15, 0.2) is 30.3 Å². The van der Waals surface area contributed by atoms with Gasteiger partial charge in [-0.2, -0.15) is 13.2 Å². The summed E-state index contributed by atoms with van der Waals surface area (Å²) in [6.07, 6.45) is -3.72. The fourth-order valence-corrected chi connectivity index (χ4v) is 4.65. The number of hydrogen-bond donors (Lipinski definition) is 0. The van der Waals surface area contributed by atoms with Crippen LogP contribution in [0.3, 0.4) is 0 Å². The maximum Gasteiger partial charge on any atom is 0.432 e. The van der Waals surface area contributed by atoms with Gasteiger partial charge in [0.15, 0.2) is 0 Å². The zero-order chi connectivity index (χ0) is 20.1. The second-order valence-corrected chi connectivity index (χ2v) is 8.20. The van der Waals surface area contributed by atoms with Crippen molar-refractivity contribution in [2.24, 2.45) is 5.92 Å². The smallest absolute Gasteiger partial charge is 0.432 e. The van der Waals surface area contributed by atoms with Crippen molar-refractivity contribution >= 4 is 5.97 Å². The van der Waals surface area contributed by atoms with Crippen LogP contribution in [0.5, 0.6) is 0 Å². The average molecular weight is 386 g/mol. The minimum absolute atomic E-state index is 0.165. The molecule has 1 saturated carbocycles. The van der Waals surface area contributed by atoms with Crippen molar-refractivity contribution in [3.63, 3.8) is 0 Å². The van der Waals surface area contributed by atoms with Gasteiger partial charge in [0.1, 0.15) is 6.10 Å². The lowest BCUT2D eigenvalue weighted by Crippen LogP contribution is -2.62. The Hall–Kier alpha value is -1.60. The van der Waals surface area contributed by atoms with Gasteiger partial charge in [-0.25, -0.2) is 4.79 Å². The molecule has 0 radical (unpaired) electrons. The summed E-state index contributed by atoms with van der Waals surface area (Å²) >= 11 is 0. The number of halogens is 3. The molecule has 0 unspecified atom stereocenters. The zero-order valence-corrected chi connectivity index (χ0v) is 15.9. The number of benzene rings is 1. The highest BCUT2D eigenvalue weighted by molar-refractivity contribution is 5.83. The van der Waals surface area contributed by atoms with E-state index in [1.54, 1.807) is 6.07 Å². The molecule has 4 atom stereocenters. The van der Waals surface area contributed by atoms with Crippen LogP contribution in [0.1, 0.15) is 45.6 Å². The number of carbonyl (C=O) groups excluding carboxylic acids is 1. The van der Waals surface area contributed by atoms with Crippen LogP contribution in [0.25, 0.3) is 0 Å². The van der Waals surface area contributed by atoms with Crippen molar-refractivity contribution in [3.8, 4) is 0 Å². The van der Waals surface area contributed by atoms with E-state index >= 15 is 0 Å². The second-order valence-electron chi connectivity index (χ2n) is 8.20. The highest BCUT2D eigenvalue weighted by atomic mass is 19.4. The highest BCUT2D eigenvalue weighted by Gasteiger charge is 2.65. The van der Waals surface area contributed by atoms with Gasteiger partial charge in [-0.1, -0.05) is 30.3 Å². The SMILES string of the molecule is CO[C@@](C(=O)O[C@H]1C[C@]2(C)CC[C@H]1C(C)(C)O2)(c1ccccc1)C(F)(F)F. The Kier molecular flexibility index (Phi) is 4.84. The summed E-state index contributed by atoms with van der Waals surface area (Å²) in [4.78, 5) is 12.9. The lowest BCUT2D eigenvalue weighted by atomic mass is 9.67. The molecule has 4 nitrogen and oxygen atoms in total. The minimum atomic E-state index is -4.97. The molecule has 3 fully saturated rings. The van der Waals surface area contributed by atoms with Gasteiger partial charge in [0.2, 0.25) is 0 Å². The number of carbonyl (C=O) groups is 1. The fraction of sp³-hybridized carbons (Fsp3) is 0.650. The average Bonchev–Trinajstić information content (AvgIpc) is 2.53. The molecule has 2 saturated heterocycles. The number of alkyl halides is 3. The minimum Gasteiger partial charge on any atom is -0.459 e. The molecular formula is C20H25F3O4. The van der Waals surface area contributed by atoms with Gasteiger partial charge in [-0.05, 0) is 33.6 Å². The van der Waals surface area contributed by atoms with Crippen LogP contribution in [-0.2, 0) is 24.6 Å². The van der Waals surface area contributed by atoms with E-state index in [0.717, 1.165) is 20.0 Å². The third kappa shape index (κ3) is 3.25. The number of esters is 1. The molecule has 2 aliphatic heterocycles. The first-order valence-electron chi connectivity index (χ1n) is 9.04. The molecule has 4 rings (SSSR count). The summed E-state index contributed by atoms with van der Waals surface area (Å²) in [7, 11) is 0.878. The molecule has 27 heavy (non-hydrogen) atoms. The van der Waals surface area contributed by atoms with E-state index in [4.69, 9.17) is 14.2 Å². The summed E-state index contributed by atoms with van der Waals surface area (Å²) in [5.41, 5.74) is -4.54. The highest BCUT2D eigenvalue weighted by Crippen LogP contribution is 2.52. The third-order valence-electron chi connectivity index (χ3n) is 5.90. The summed E-state index contributed by atoms with van der Waals surface area (Å²) in [5, 5.41) is 0. The lowest BCUT2D eigenvalue weighted by Gasteiger charge is -2.57. The van der Waals surface area contributed by atoms with Crippen molar-refractivity contribution in [3.05, 3.63) is 35.9 Å². The molecule has 2 bridgehead atoms. The Morgan fingerprint density at radius 2 is 1.81 bits per heavy atom. The van der Waals surface area contributed by atoms with Crippen LogP contribution in [0.4, 0.5) is 13.2 Å². The van der Waals surface area contributed by atoms with Gasteiger partial charge in [-0.3, -0.25) is 0 Å². The molecule has 3 aliphatic rings. The van der Waals surface area contributed by atoms with Crippen LogP contribution < -0.4 is 0 Å². The van der Waals surface area contributed by atoms with Gasteiger partial charge in [-0.15, -0.1) is 0 Å². The number of ether oxygens (including phenoxy) is 3. The topological polar surface area (TPSA) is 44.8 Å². The van der Waals surface area contributed by atoms with Crippen molar-refractivity contribution in [2.45, 2.75) is 69.1 Å². The van der Waals surface area contributed by atoms with E-state index in [-0.39, 0.29) is 11.5 Å². The van der Waals surface area contributed by atoms with Gasteiger partial charge in [0.05, 0.1) is 11.2 Å². The molecule has 7 heteroatoms. The van der Waals surface area contributed by atoms with Crippen LogP contribution in [-0.4, -0.2) is 36.6 Å². The van der Waals surface area contributed by atoms with Gasteiger partial charge in [0.25, 0.3) is 5.60 Å². The summed E-state index contributed by atoms with van der Waals surface area (Å²) in [5.74, 6) is -1.59. The predicted molar refractivity (Wildman–Crippen MR) is 92.0 cm³/mol. The van der Waals surface area contributed by atoms with Crippen molar-refractivity contribution < 1.29 is 32.2 Å². The molecule has 0 N–H and O–H groups in total. The molecule has 1 aromatic rings. The van der Waals surface area contributed by atoms with E-state index in [2.05, 4.69) is 0 Å². The second kappa shape index (κ2) is 6.48. The van der Waals surface area contributed by atoms with Gasteiger partial charge >= 0.3 is 12.1 Å². The Bertz CT molecular complexity index is 700. The van der Waals surface area contributed by atoms with E-state index in [1.807, 2.05) is 20.8 Å². The standard InChI is InChI=1S/C20H25F3O4/c1-17(2)14-10-11-18(3,27-17)12-15(14)26-16(24)19(25-4,20(21,22)23)13-8-6-5-7-9-13/h5-9,14-15H,10-12H2,1-4H3/t14-,15+,18+,19-/m1/s1. The molecule has 150 valence electrons. The molecule has 0 amide bonds. The van der Waals surface area contributed by atoms with E-state index < -0.39 is 35.1 Å². The van der Waals surface area contributed by atoms with Crippen LogP contribution in [0.2, 0.25) is 0 Å². The quantitative estimate of drug-likeness (QED) is 0.721. The molecular weight excluding hydrogens is 361 g/mol. The molecule has 1 aliphatic carbocycles. The van der Waals surface area contributed by atoms with E-state index in [9.17, 15) is 18.0 Å². The summed E-state index contributed by atoms with van der Waals surface area (Å²) in [6.45, 7) is 5.69. The van der Waals surface area contributed by atoms with E-state index in [1.165, 1.54) is 24.3 Å². The van der Waals surface area contributed by atoms with Crippen molar-refractivity contribution in [1.82, 2.24) is 0 Å².